The molecule has 1 aromatic carbocycles. The summed E-state index contributed by atoms with van der Waals surface area (Å²) in [5, 5.41) is 15.4. The molecule has 2 rings (SSSR count). The average Bonchev–Trinajstić information content (AvgIpc) is 2.62. The summed E-state index contributed by atoms with van der Waals surface area (Å²) in [5.74, 6) is 0.232. The molecule has 0 spiro atoms. The van der Waals surface area contributed by atoms with Crippen molar-refractivity contribution < 1.29 is 5.11 Å². The Labute approximate surface area is 108 Å². The highest BCUT2D eigenvalue weighted by Crippen LogP contribution is 2.30. The smallest absolute Gasteiger partial charge is 0.0707 e. The van der Waals surface area contributed by atoms with Gasteiger partial charge in [-0.3, -0.25) is 4.68 Å². The molecule has 0 bridgehead atoms. The van der Waals surface area contributed by atoms with Crippen molar-refractivity contribution in [3.05, 3.63) is 30.0 Å². The third-order valence-electron chi connectivity index (χ3n) is 3.72. The first kappa shape index (κ1) is 13.1. The summed E-state index contributed by atoms with van der Waals surface area (Å²) in [6, 6.07) is 8.26. The fourth-order valence-corrected chi connectivity index (χ4v) is 2.32. The van der Waals surface area contributed by atoms with Gasteiger partial charge in [-0.25, -0.2) is 0 Å². The largest absolute Gasteiger partial charge is 0.396 e. The number of para-hydroxylation sites is 1. The first-order valence-corrected chi connectivity index (χ1v) is 6.45. The van der Waals surface area contributed by atoms with Gasteiger partial charge in [-0.15, -0.1) is 0 Å². The van der Waals surface area contributed by atoms with E-state index in [1.807, 2.05) is 23.9 Å². The van der Waals surface area contributed by atoms with Gasteiger partial charge in [-0.2, -0.15) is 5.10 Å². The van der Waals surface area contributed by atoms with Gasteiger partial charge in [0.15, 0.2) is 0 Å². The normalized spacial score (nSPS) is 14.1. The summed E-state index contributed by atoms with van der Waals surface area (Å²) >= 11 is 0. The maximum Gasteiger partial charge on any atom is 0.0707 e. The minimum Gasteiger partial charge on any atom is -0.396 e. The molecule has 1 N–H and O–H groups in total. The van der Waals surface area contributed by atoms with Gasteiger partial charge in [0.05, 0.1) is 11.2 Å². The molecule has 0 aliphatic rings. The monoisotopic (exact) mass is 246 g/mol. The summed E-state index contributed by atoms with van der Waals surface area (Å²) < 4.78 is 1.92. The number of aryl methyl sites for hydroxylation is 1. The quantitative estimate of drug-likeness (QED) is 0.904. The van der Waals surface area contributed by atoms with Crippen LogP contribution >= 0.6 is 0 Å². The van der Waals surface area contributed by atoms with Gasteiger partial charge in [0.1, 0.15) is 0 Å². The molecule has 0 fully saturated rings. The summed E-state index contributed by atoms with van der Waals surface area (Å²) in [7, 11) is 1.97. The zero-order valence-electron chi connectivity index (χ0n) is 11.6. The third kappa shape index (κ3) is 2.41. The van der Waals surface area contributed by atoms with Gasteiger partial charge in [-0.1, -0.05) is 39.0 Å². The van der Waals surface area contributed by atoms with Crippen molar-refractivity contribution in [2.24, 2.45) is 18.4 Å². The molecule has 0 radical (unpaired) electrons. The van der Waals surface area contributed by atoms with E-state index >= 15 is 0 Å². The number of aliphatic hydroxyl groups excluding tert-OH is 1. The highest BCUT2D eigenvalue weighted by molar-refractivity contribution is 5.81. The summed E-state index contributed by atoms with van der Waals surface area (Å²) in [6.45, 7) is 6.70. The first-order chi connectivity index (χ1) is 8.43. The zero-order valence-corrected chi connectivity index (χ0v) is 11.6. The van der Waals surface area contributed by atoms with Crippen LogP contribution in [0, 0.1) is 11.3 Å². The number of aliphatic hydroxyl groups is 1. The topological polar surface area (TPSA) is 38.0 Å². The zero-order chi connectivity index (χ0) is 13.3. The predicted octanol–water partition coefficient (Wildman–Crippen LogP) is 2.77. The van der Waals surface area contributed by atoms with Crippen molar-refractivity contribution in [3.63, 3.8) is 0 Å². The number of nitrogens with zero attached hydrogens (tertiary/aromatic N) is 2. The van der Waals surface area contributed by atoms with Crippen LogP contribution in [0.1, 0.15) is 26.5 Å². The highest BCUT2D eigenvalue weighted by atomic mass is 16.3. The molecular formula is C15H22N2O. The molecule has 2 aromatic rings. The Hall–Kier alpha value is -1.35. The molecule has 1 atom stereocenters. The van der Waals surface area contributed by atoms with Gasteiger partial charge >= 0.3 is 0 Å². The van der Waals surface area contributed by atoms with Gasteiger partial charge in [0.25, 0.3) is 0 Å². The van der Waals surface area contributed by atoms with Crippen molar-refractivity contribution in [2.45, 2.75) is 27.2 Å². The summed E-state index contributed by atoms with van der Waals surface area (Å²) in [6.07, 6.45) is 0.821. The van der Waals surface area contributed by atoms with Crippen molar-refractivity contribution in [1.82, 2.24) is 9.78 Å². The molecule has 0 aliphatic carbocycles. The van der Waals surface area contributed by atoms with Crippen LogP contribution in [0.4, 0.5) is 0 Å². The molecule has 1 aromatic heterocycles. The van der Waals surface area contributed by atoms with E-state index in [0.29, 0.717) is 0 Å². The number of benzene rings is 1. The Balaban J connectivity index is 2.37. The fraction of sp³-hybridized carbons (Fsp3) is 0.533. The molecule has 3 heteroatoms. The van der Waals surface area contributed by atoms with Crippen molar-refractivity contribution >= 4 is 10.9 Å². The lowest BCUT2D eigenvalue weighted by atomic mass is 9.78. The molecule has 18 heavy (non-hydrogen) atoms. The second-order valence-electron chi connectivity index (χ2n) is 6.04. The van der Waals surface area contributed by atoms with E-state index in [1.165, 1.54) is 5.39 Å². The number of rotatable bonds is 3. The van der Waals surface area contributed by atoms with Crippen LogP contribution in [-0.2, 0) is 13.5 Å². The molecule has 0 aliphatic heterocycles. The van der Waals surface area contributed by atoms with Crippen LogP contribution < -0.4 is 0 Å². The van der Waals surface area contributed by atoms with Crippen LogP contribution in [0.15, 0.2) is 24.3 Å². The number of aromatic nitrogens is 2. The second-order valence-corrected chi connectivity index (χ2v) is 6.04. The molecule has 1 heterocycles. The van der Waals surface area contributed by atoms with Gasteiger partial charge in [0.2, 0.25) is 0 Å². The highest BCUT2D eigenvalue weighted by Gasteiger charge is 2.25. The summed E-state index contributed by atoms with van der Waals surface area (Å²) in [4.78, 5) is 0. The molecule has 0 amide bonds. The maximum atomic E-state index is 9.57. The Bertz CT molecular complexity index is 537. The van der Waals surface area contributed by atoms with Crippen molar-refractivity contribution in [1.29, 1.82) is 0 Å². The Morgan fingerprint density at radius 1 is 1.28 bits per heavy atom. The molecule has 98 valence electrons. The maximum absolute atomic E-state index is 9.57. The lowest BCUT2D eigenvalue weighted by Gasteiger charge is -2.28. The van der Waals surface area contributed by atoms with Crippen LogP contribution in [0.5, 0.6) is 0 Å². The van der Waals surface area contributed by atoms with Crippen molar-refractivity contribution in [2.75, 3.05) is 6.61 Å². The van der Waals surface area contributed by atoms with E-state index in [-0.39, 0.29) is 17.9 Å². The molecule has 0 saturated carbocycles. The summed E-state index contributed by atoms with van der Waals surface area (Å²) in [5.41, 5.74) is 2.33. The SMILES string of the molecule is Cn1nc(CC(CO)C(C)(C)C)c2ccccc21. The Morgan fingerprint density at radius 2 is 1.94 bits per heavy atom. The van der Waals surface area contributed by atoms with E-state index in [2.05, 4.69) is 38.0 Å². The molecular weight excluding hydrogens is 224 g/mol. The molecule has 0 saturated heterocycles. The van der Waals surface area contributed by atoms with Gasteiger partial charge < -0.3 is 5.11 Å². The van der Waals surface area contributed by atoms with E-state index in [4.69, 9.17) is 0 Å². The van der Waals surface area contributed by atoms with Crippen LogP contribution in [0.3, 0.4) is 0 Å². The minimum absolute atomic E-state index is 0.0906. The lowest BCUT2D eigenvalue weighted by Crippen LogP contribution is -2.26. The first-order valence-electron chi connectivity index (χ1n) is 6.45. The van der Waals surface area contributed by atoms with E-state index in [1.54, 1.807) is 0 Å². The van der Waals surface area contributed by atoms with Gasteiger partial charge in [-0.05, 0) is 23.8 Å². The van der Waals surface area contributed by atoms with Crippen molar-refractivity contribution in [3.8, 4) is 0 Å². The van der Waals surface area contributed by atoms with Crippen LogP contribution in [0.25, 0.3) is 10.9 Å². The minimum atomic E-state index is 0.0906. The van der Waals surface area contributed by atoms with Gasteiger partial charge in [0, 0.05) is 19.0 Å². The Kier molecular flexibility index (Phi) is 3.44. The standard InChI is InChI=1S/C15H22N2O/c1-15(2,3)11(10-18)9-13-12-7-5-6-8-14(12)17(4)16-13/h5-8,11,18H,9-10H2,1-4H3. The number of hydrogen-bond acceptors (Lipinski definition) is 2. The Morgan fingerprint density at radius 3 is 2.56 bits per heavy atom. The van der Waals surface area contributed by atoms with E-state index in [9.17, 15) is 5.11 Å². The third-order valence-corrected chi connectivity index (χ3v) is 3.72. The lowest BCUT2D eigenvalue weighted by molar-refractivity contribution is 0.130. The van der Waals surface area contributed by atoms with E-state index in [0.717, 1.165) is 17.6 Å². The predicted molar refractivity (Wildman–Crippen MR) is 74.4 cm³/mol. The number of hydrogen-bond donors (Lipinski definition) is 1. The fourth-order valence-electron chi connectivity index (χ4n) is 2.32. The molecule has 3 nitrogen and oxygen atoms in total. The molecule has 1 unspecified atom stereocenters. The van der Waals surface area contributed by atoms with Crippen LogP contribution in [0.2, 0.25) is 0 Å². The van der Waals surface area contributed by atoms with Crippen LogP contribution in [-0.4, -0.2) is 21.5 Å². The second kappa shape index (κ2) is 4.73. The number of fused-ring (bicyclic) bond motifs is 1. The van der Waals surface area contributed by atoms with E-state index < -0.39 is 0 Å². The average molecular weight is 246 g/mol.